The standard InChI is InChI=1S/C9H10NO4S/c1-13-9-5-3-8(4-6-9)7-10-14-15(2,11)12/h3-6H,1-2H3. The summed E-state index contributed by atoms with van der Waals surface area (Å²) in [5.41, 5.74) is 0.597. The summed E-state index contributed by atoms with van der Waals surface area (Å²) in [7, 11) is -2.01. The van der Waals surface area contributed by atoms with Crippen LogP contribution >= 0.6 is 0 Å². The summed E-state index contributed by atoms with van der Waals surface area (Å²) in [4.78, 5) is 0. The molecule has 0 fully saturated rings. The summed E-state index contributed by atoms with van der Waals surface area (Å²) in [5, 5.41) is 3.19. The van der Waals surface area contributed by atoms with Crippen LogP contribution in [0.1, 0.15) is 5.56 Å². The van der Waals surface area contributed by atoms with Gasteiger partial charge in [-0.1, -0.05) is 5.16 Å². The lowest BCUT2D eigenvalue weighted by Gasteiger charge is -1.97. The molecule has 0 spiro atoms. The quantitative estimate of drug-likeness (QED) is 0.567. The highest BCUT2D eigenvalue weighted by molar-refractivity contribution is 7.85. The monoisotopic (exact) mass is 228 g/mol. The van der Waals surface area contributed by atoms with Gasteiger partial charge in [0.15, 0.2) is 0 Å². The normalized spacial score (nSPS) is 11.6. The highest BCUT2D eigenvalue weighted by atomic mass is 32.2. The van der Waals surface area contributed by atoms with Gasteiger partial charge in [0, 0.05) is 5.56 Å². The van der Waals surface area contributed by atoms with E-state index in [-0.39, 0.29) is 0 Å². The maximum atomic E-state index is 10.5. The van der Waals surface area contributed by atoms with Crippen molar-refractivity contribution in [3.63, 3.8) is 0 Å². The van der Waals surface area contributed by atoms with E-state index in [1.807, 2.05) is 0 Å². The number of benzene rings is 1. The van der Waals surface area contributed by atoms with Crippen molar-refractivity contribution in [3.05, 3.63) is 29.8 Å². The first kappa shape index (κ1) is 11.5. The highest BCUT2D eigenvalue weighted by Crippen LogP contribution is 2.09. The molecular weight excluding hydrogens is 218 g/mol. The Balaban J connectivity index is 2.65. The van der Waals surface area contributed by atoms with Gasteiger partial charge in [0.25, 0.3) is 0 Å². The van der Waals surface area contributed by atoms with Crippen molar-refractivity contribution >= 4 is 16.3 Å². The Labute approximate surface area is 88.4 Å². The Hall–Kier alpha value is -1.56. The van der Waals surface area contributed by atoms with Gasteiger partial charge in [-0.3, -0.25) is 4.28 Å². The third kappa shape index (κ3) is 4.46. The zero-order valence-electron chi connectivity index (χ0n) is 8.30. The smallest absolute Gasteiger partial charge is 0.325 e. The van der Waals surface area contributed by atoms with Gasteiger partial charge in [-0.2, -0.15) is 8.42 Å². The van der Waals surface area contributed by atoms with Gasteiger partial charge in [-0.15, -0.1) is 0 Å². The molecular formula is C9H10NO4S. The van der Waals surface area contributed by atoms with Gasteiger partial charge in [-0.25, -0.2) is 0 Å². The Bertz CT molecular complexity index is 436. The second-order valence-corrected chi connectivity index (χ2v) is 4.27. The molecule has 1 aromatic rings. The third-order valence-electron chi connectivity index (χ3n) is 1.44. The van der Waals surface area contributed by atoms with E-state index >= 15 is 0 Å². The minimum atomic E-state index is -3.56. The summed E-state index contributed by atoms with van der Waals surface area (Å²) in [5.74, 6) is 0.699. The molecule has 1 aromatic carbocycles. The molecule has 0 aliphatic heterocycles. The van der Waals surface area contributed by atoms with Gasteiger partial charge in [-0.05, 0) is 24.3 Å². The van der Waals surface area contributed by atoms with Crippen LogP contribution in [0.15, 0.2) is 29.4 Å². The van der Waals surface area contributed by atoms with Gasteiger partial charge in [0.2, 0.25) is 0 Å². The summed E-state index contributed by atoms with van der Waals surface area (Å²) in [6.45, 7) is 0. The largest absolute Gasteiger partial charge is 0.497 e. The van der Waals surface area contributed by atoms with Crippen molar-refractivity contribution in [2.45, 2.75) is 0 Å². The maximum absolute atomic E-state index is 10.5. The van der Waals surface area contributed by atoms with Crippen molar-refractivity contribution in [2.75, 3.05) is 13.4 Å². The van der Waals surface area contributed by atoms with Crippen LogP contribution in [0.3, 0.4) is 0 Å². The molecule has 0 aliphatic carbocycles. The first-order valence-corrected chi connectivity index (χ1v) is 5.81. The highest BCUT2D eigenvalue weighted by Gasteiger charge is 1.98. The van der Waals surface area contributed by atoms with Crippen LogP contribution < -0.4 is 4.74 Å². The van der Waals surface area contributed by atoms with Gasteiger partial charge >= 0.3 is 10.1 Å². The number of methoxy groups -OCH3 is 1. The second kappa shape index (κ2) is 4.79. The van der Waals surface area contributed by atoms with E-state index in [2.05, 4.69) is 15.7 Å². The van der Waals surface area contributed by atoms with Crippen molar-refractivity contribution in [2.24, 2.45) is 5.16 Å². The topological polar surface area (TPSA) is 65.0 Å². The molecule has 0 saturated carbocycles. The molecule has 0 aliphatic rings. The van der Waals surface area contributed by atoms with E-state index in [1.165, 1.54) is 0 Å². The van der Waals surface area contributed by atoms with Crippen LogP contribution in [0.4, 0.5) is 0 Å². The fraction of sp³-hybridized carbons (Fsp3) is 0.222. The molecule has 5 nitrogen and oxygen atoms in total. The number of nitrogens with zero attached hydrogens (tertiary/aromatic N) is 1. The molecule has 15 heavy (non-hydrogen) atoms. The molecule has 81 valence electrons. The lowest BCUT2D eigenvalue weighted by molar-refractivity contribution is 0.345. The number of ether oxygens (including phenoxy) is 1. The molecule has 0 unspecified atom stereocenters. The molecule has 0 saturated heterocycles. The molecule has 6 heteroatoms. The summed E-state index contributed by atoms with van der Waals surface area (Å²) < 4.78 is 30.2. The van der Waals surface area contributed by atoms with E-state index in [1.54, 1.807) is 31.4 Å². The van der Waals surface area contributed by atoms with E-state index in [4.69, 9.17) is 4.74 Å². The van der Waals surface area contributed by atoms with Crippen molar-refractivity contribution in [1.82, 2.24) is 0 Å². The van der Waals surface area contributed by atoms with Crippen molar-refractivity contribution in [1.29, 1.82) is 0 Å². The Morgan fingerprint density at radius 3 is 2.33 bits per heavy atom. The van der Waals surface area contributed by atoms with E-state index in [9.17, 15) is 8.42 Å². The average molecular weight is 228 g/mol. The lowest BCUT2D eigenvalue weighted by Crippen LogP contribution is -1.97. The van der Waals surface area contributed by atoms with Crippen LogP contribution in [0.2, 0.25) is 0 Å². The molecule has 0 N–H and O–H groups in total. The van der Waals surface area contributed by atoms with Crippen LogP contribution in [-0.2, 0) is 14.4 Å². The predicted molar refractivity (Wildman–Crippen MR) is 55.5 cm³/mol. The van der Waals surface area contributed by atoms with Crippen LogP contribution in [0.25, 0.3) is 0 Å². The van der Waals surface area contributed by atoms with Crippen molar-refractivity contribution in [3.8, 4) is 5.75 Å². The fourth-order valence-corrected chi connectivity index (χ4v) is 0.977. The number of hydrogen-bond acceptors (Lipinski definition) is 5. The maximum Gasteiger partial charge on any atom is 0.325 e. The summed E-state index contributed by atoms with van der Waals surface area (Å²) in [6.07, 6.45) is 3.33. The zero-order valence-corrected chi connectivity index (χ0v) is 9.11. The fourth-order valence-electron chi connectivity index (χ4n) is 0.805. The Morgan fingerprint density at radius 1 is 1.27 bits per heavy atom. The van der Waals surface area contributed by atoms with Crippen LogP contribution in [0, 0.1) is 0 Å². The second-order valence-electron chi connectivity index (χ2n) is 2.71. The zero-order chi connectivity index (χ0) is 11.3. The summed E-state index contributed by atoms with van der Waals surface area (Å²) in [6, 6.07) is 6.76. The van der Waals surface area contributed by atoms with E-state index in [0.29, 0.717) is 11.3 Å². The Kier molecular flexibility index (Phi) is 3.68. The van der Waals surface area contributed by atoms with Crippen LogP contribution in [-0.4, -0.2) is 28.0 Å². The molecule has 1 rings (SSSR count). The number of hydrogen-bond donors (Lipinski definition) is 0. The van der Waals surface area contributed by atoms with Gasteiger partial charge in [0.1, 0.15) is 12.0 Å². The molecule has 0 atom stereocenters. The molecule has 0 bridgehead atoms. The number of rotatable bonds is 4. The first-order valence-electron chi connectivity index (χ1n) is 4.00. The minimum Gasteiger partial charge on any atom is -0.497 e. The lowest BCUT2D eigenvalue weighted by atomic mass is 10.2. The Morgan fingerprint density at radius 2 is 1.87 bits per heavy atom. The van der Waals surface area contributed by atoms with Gasteiger partial charge < -0.3 is 4.74 Å². The average Bonchev–Trinajstić information content (AvgIpc) is 2.17. The SMILES string of the molecule is COc1ccc([C]=NOS(C)(=O)=O)cc1. The summed E-state index contributed by atoms with van der Waals surface area (Å²) >= 11 is 0. The van der Waals surface area contributed by atoms with Crippen molar-refractivity contribution < 1.29 is 17.4 Å². The van der Waals surface area contributed by atoms with E-state index in [0.717, 1.165) is 6.26 Å². The van der Waals surface area contributed by atoms with Gasteiger partial charge in [0.05, 0.1) is 13.4 Å². The molecule has 0 aromatic heterocycles. The molecule has 0 heterocycles. The minimum absolute atomic E-state index is 0.597. The van der Waals surface area contributed by atoms with E-state index < -0.39 is 10.1 Å². The molecule has 1 radical (unpaired) electrons. The predicted octanol–water partition coefficient (Wildman–Crippen LogP) is 0.882. The first-order chi connectivity index (χ1) is 7.01. The molecule has 0 amide bonds. The van der Waals surface area contributed by atoms with Crippen LogP contribution in [0.5, 0.6) is 5.75 Å². The third-order valence-corrected chi connectivity index (χ3v) is 1.78.